The van der Waals surface area contributed by atoms with E-state index in [2.05, 4.69) is 33.9 Å². The predicted molar refractivity (Wildman–Crippen MR) is 95.6 cm³/mol. The van der Waals surface area contributed by atoms with E-state index in [9.17, 15) is 4.79 Å². The average molecular weight is 359 g/mol. The predicted octanol–water partition coefficient (Wildman–Crippen LogP) is 3.66. The number of rotatable bonds is 6. The summed E-state index contributed by atoms with van der Waals surface area (Å²) in [5.41, 5.74) is 0. The van der Waals surface area contributed by atoms with Gasteiger partial charge in [0.25, 0.3) is 0 Å². The summed E-state index contributed by atoms with van der Waals surface area (Å²) in [5, 5.41) is 0.0418. The van der Waals surface area contributed by atoms with Gasteiger partial charge in [-0.1, -0.05) is 20.8 Å². The van der Waals surface area contributed by atoms with Crippen LogP contribution in [0.25, 0.3) is 0 Å². The van der Waals surface area contributed by atoms with Gasteiger partial charge >= 0.3 is 0 Å². The molecule has 0 aromatic rings. The van der Waals surface area contributed by atoms with Crippen LogP contribution in [0.3, 0.4) is 0 Å². The third kappa shape index (κ3) is 3.93. The SMILES string of the molecule is CO[C@@H](C=O)[C@@H](O[Si](C)(C)C(C)(C)C)[C@H]1OC2(CCCC2)O[C@@H]1C. The molecule has 2 aliphatic rings. The molecule has 1 aliphatic carbocycles. The van der Waals surface area contributed by atoms with E-state index in [-0.39, 0.29) is 17.2 Å². The summed E-state index contributed by atoms with van der Waals surface area (Å²) >= 11 is 0. The number of ether oxygens (including phenoxy) is 3. The van der Waals surface area contributed by atoms with Crippen molar-refractivity contribution in [2.45, 2.75) is 102 Å². The topological polar surface area (TPSA) is 54.0 Å². The molecule has 6 heteroatoms. The Morgan fingerprint density at radius 2 is 1.79 bits per heavy atom. The molecule has 0 bridgehead atoms. The van der Waals surface area contributed by atoms with Gasteiger partial charge in [-0.2, -0.15) is 0 Å². The van der Waals surface area contributed by atoms with Crippen molar-refractivity contribution in [3.63, 3.8) is 0 Å². The van der Waals surface area contributed by atoms with E-state index in [1.807, 2.05) is 6.92 Å². The number of aldehydes is 1. The lowest BCUT2D eigenvalue weighted by molar-refractivity contribution is -0.181. The van der Waals surface area contributed by atoms with Crippen molar-refractivity contribution < 1.29 is 23.4 Å². The summed E-state index contributed by atoms with van der Waals surface area (Å²) in [6.45, 7) is 12.9. The molecule has 4 atom stereocenters. The second-order valence-corrected chi connectivity index (χ2v) is 13.5. The van der Waals surface area contributed by atoms with Crippen LogP contribution in [-0.2, 0) is 23.4 Å². The smallest absolute Gasteiger partial charge is 0.192 e. The van der Waals surface area contributed by atoms with Crippen LogP contribution in [0, 0.1) is 0 Å². The van der Waals surface area contributed by atoms with E-state index < -0.39 is 26.3 Å². The molecule has 0 aromatic heterocycles. The molecule has 1 heterocycles. The third-order valence-electron chi connectivity index (χ3n) is 5.87. The van der Waals surface area contributed by atoms with Crippen LogP contribution in [0.1, 0.15) is 53.4 Å². The molecule has 1 saturated carbocycles. The van der Waals surface area contributed by atoms with Crippen LogP contribution in [0.4, 0.5) is 0 Å². The Labute approximate surface area is 147 Å². The standard InChI is InChI=1S/C18H34O5Si/c1-13-15(22-18(21-13)10-8-9-11-18)16(14(12-19)20-5)23-24(6,7)17(2,3)4/h12-16H,8-11H2,1-7H3/t13-,14+,15+,16-/m1/s1. The first kappa shape index (κ1) is 20.0. The van der Waals surface area contributed by atoms with Crippen LogP contribution in [0.15, 0.2) is 0 Å². The van der Waals surface area contributed by atoms with Gasteiger partial charge in [0, 0.05) is 20.0 Å². The Balaban J connectivity index is 2.25. The van der Waals surface area contributed by atoms with Gasteiger partial charge in [-0.3, -0.25) is 0 Å². The first-order valence-corrected chi connectivity index (χ1v) is 12.0. The molecule has 2 rings (SSSR count). The first-order valence-electron chi connectivity index (χ1n) is 9.07. The zero-order chi connectivity index (χ0) is 18.2. The Kier molecular flexibility index (Phi) is 5.97. The molecule has 5 nitrogen and oxygen atoms in total. The monoisotopic (exact) mass is 358 g/mol. The maximum Gasteiger partial charge on any atom is 0.192 e. The van der Waals surface area contributed by atoms with E-state index in [0.29, 0.717) is 0 Å². The molecular weight excluding hydrogens is 324 g/mol. The van der Waals surface area contributed by atoms with Crippen molar-refractivity contribution in [2.75, 3.05) is 7.11 Å². The van der Waals surface area contributed by atoms with Gasteiger partial charge in [0.05, 0.1) is 6.10 Å². The van der Waals surface area contributed by atoms with E-state index in [0.717, 1.165) is 32.0 Å². The Hall–Kier alpha value is -0.273. The number of carbonyl (C=O) groups is 1. The van der Waals surface area contributed by atoms with E-state index in [1.165, 1.54) is 0 Å². The van der Waals surface area contributed by atoms with Crippen molar-refractivity contribution >= 4 is 14.6 Å². The highest BCUT2D eigenvalue weighted by atomic mass is 28.4. The fourth-order valence-electron chi connectivity index (χ4n) is 3.37. The summed E-state index contributed by atoms with van der Waals surface area (Å²) in [5.74, 6) is -0.486. The normalized spacial score (nSPS) is 29.8. The Bertz CT molecular complexity index is 439. The van der Waals surface area contributed by atoms with Gasteiger partial charge in [0.1, 0.15) is 18.3 Å². The largest absolute Gasteiger partial charge is 0.408 e. The highest BCUT2D eigenvalue weighted by molar-refractivity contribution is 6.74. The van der Waals surface area contributed by atoms with Crippen LogP contribution in [0.5, 0.6) is 0 Å². The second kappa shape index (κ2) is 7.15. The Morgan fingerprint density at radius 3 is 2.25 bits per heavy atom. The lowest BCUT2D eigenvalue weighted by Crippen LogP contribution is -2.54. The maximum absolute atomic E-state index is 11.6. The van der Waals surface area contributed by atoms with Crippen molar-refractivity contribution in [3.8, 4) is 0 Å². The second-order valence-electron chi connectivity index (χ2n) is 8.70. The molecule has 0 aromatic carbocycles. The maximum atomic E-state index is 11.6. The van der Waals surface area contributed by atoms with Crippen molar-refractivity contribution in [1.82, 2.24) is 0 Å². The van der Waals surface area contributed by atoms with E-state index in [1.54, 1.807) is 7.11 Å². The number of carbonyl (C=O) groups excluding carboxylic acids is 1. The molecule has 140 valence electrons. The average Bonchev–Trinajstić information content (AvgIpc) is 3.05. The molecule has 24 heavy (non-hydrogen) atoms. The van der Waals surface area contributed by atoms with Crippen molar-refractivity contribution in [2.24, 2.45) is 0 Å². The molecule has 2 fully saturated rings. The lowest BCUT2D eigenvalue weighted by Gasteiger charge is -2.42. The quantitative estimate of drug-likeness (QED) is 0.536. The molecule has 1 aliphatic heterocycles. The summed E-state index contributed by atoms with van der Waals surface area (Å²) in [7, 11) is -0.537. The minimum absolute atomic E-state index is 0.0418. The van der Waals surface area contributed by atoms with Crippen molar-refractivity contribution in [1.29, 1.82) is 0 Å². The molecule has 0 amide bonds. The Morgan fingerprint density at radius 1 is 1.21 bits per heavy atom. The van der Waals surface area contributed by atoms with Crippen LogP contribution in [0.2, 0.25) is 18.1 Å². The highest BCUT2D eigenvalue weighted by Gasteiger charge is 2.53. The number of hydrogen-bond donors (Lipinski definition) is 0. The molecule has 1 spiro atoms. The molecule has 0 radical (unpaired) electrons. The fourth-order valence-corrected chi connectivity index (χ4v) is 4.67. The van der Waals surface area contributed by atoms with Gasteiger partial charge in [0.15, 0.2) is 20.4 Å². The van der Waals surface area contributed by atoms with Crippen LogP contribution >= 0.6 is 0 Å². The number of methoxy groups -OCH3 is 1. The highest BCUT2D eigenvalue weighted by Crippen LogP contribution is 2.45. The van der Waals surface area contributed by atoms with Gasteiger partial charge in [-0.25, -0.2) is 0 Å². The molecule has 0 unspecified atom stereocenters. The summed E-state index contributed by atoms with van der Waals surface area (Å²) in [4.78, 5) is 11.6. The molecular formula is C18H34O5Si. The molecule has 0 N–H and O–H groups in total. The summed E-state index contributed by atoms with van der Waals surface area (Å²) in [6.07, 6.45) is 3.41. The van der Waals surface area contributed by atoms with Crippen LogP contribution < -0.4 is 0 Å². The minimum Gasteiger partial charge on any atom is -0.408 e. The number of hydrogen-bond acceptors (Lipinski definition) is 5. The molecule has 1 saturated heterocycles. The lowest BCUT2D eigenvalue weighted by atomic mass is 10.1. The summed E-state index contributed by atoms with van der Waals surface area (Å²) < 4.78 is 24.6. The van der Waals surface area contributed by atoms with E-state index in [4.69, 9.17) is 18.6 Å². The fraction of sp³-hybridized carbons (Fsp3) is 0.944. The van der Waals surface area contributed by atoms with E-state index >= 15 is 0 Å². The van der Waals surface area contributed by atoms with Crippen molar-refractivity contribution in [3.05, 3.63) is 0 Å². The summed E-state index contributed by atoms with van der Waals surface area (Å²) in [6, 6.07) is 0. The van der Waals surface area contributed by atoms with Gasteiger partial charge in [-0.05, 0) is 37.9 Å². The van der Waals surface area contributed by atoms with Crippen LogP contribution in [-0.4, -0.2) is 51.9 Å². The van der Waals surface area contributed by atoms with Gasteiger partial charge in [0.2, 0.25) is 0 Å². The zero-order valence-electron chi connectivity index (χ0n) is 16.3. The van der Waals surface area contributed by atoms with Gasteiger partial charge in [-0.15, -0.1) is 0 Å². The third-order valence-corrected chi connectivity index (χ3v) is 10.3. The van der Waals surface area contributed by atoms with Gasteiger partial charge < -0.3 is 23.4 Å². The first-order chi connectivity index (χ1) is 11.1. The minimum atomic E-state index is -2.09. The zero-order valence-corrected chi connectivity index (χ0v) is 17.3.